The SMILES string of the molecule is CC(C)(C)OC(=O)Nc1nc2c(-c3ncc4c(N5CC6CCC(C5)N6C(=O)OC(C)(C)C)nc(OCC56CCCN5CCC6)nc4c3F)cccc2s1. The van der Waals surface area contributed by atoms with Crippen LogP contribution in [0.3, 0.4) is 0 Å². The normalized spacial score (nSPS) is 21.3. The van der Waals surface area contributed by atoms with E-state index in [1.54, 1.807) is 33.0 Å². The molecule has 4 aliphatic rings. The van der Waals surface area contributed by atoms with Crippen LogP contribution in [-0.4, -0.2) is 104 Å². The van der Waals surface area contributed by atoms with E-state index in [9.17, 15) is 9.59 Å². The number of amides is 2. The van der Waals surface area contributed by atoms with Gasteiger partial charge in [0.1, 0.15) is 34.8 Å². The van der Waals surface area contributed by atoms with Gasteiger partial charge in [-0.1, -0.05) is 23.5 Å². The van der Waals surface area contributed by atoms with Crippen LogP contribution in [0.25, 0.3) is 32.4 Å². The number of rotatable bonds is 6. The highest BCUT2D eigenvalue weighted by Gasteiger charge is 2.46. The molecule has 2 atom stereocenters. The molecule has 13 nitrogen and oxygen atoms in total. The van der Waals surface area contributed by atoms with Gasteiger partial charge in [0.05, 0.1) is 33.2 Å². The molecule has 8 rings (SSSR count). The lowest BCUT2D eigenvalue weighted by Crippen LogP contribution is -2.57. The number of halogens is 1. The zero-order valence-corrected chi connectivity index (χ0v) is 32.0. The maximum absolute atomic E-state index is 17.0. The number of anilines is 2. The van der Waals surface area contributed by atoms with E-state index >= 15 is 4.39 Å². The number of thiazole rings is 1. The van der Waals surface area contributed by atoms with Crippen molar-refractivity contribution in [2.75, 3.05) is 43.0 Å². The van der Waals surface area contributed by atoms with Crippen LogP contribution in [0.15, 0.2) is 24.4 Å². The first-order valence-corrected chi connectivity index (χ1v) is 19.4. The first-order valence-electron chi connectivity index (χ1n) is 18.6. The number of piperazine rings is 1. The zero-order valence-electron chi connectivity index (χ0n) is 31.2. The van der Waals surface area contributed by atoms with Crippen LogP contribution in [0.1, 0.15) is 80.1 Å². The Balaban J connectivity index is 1.16. The average molecular weight is 747 g/mol. The van der Waals surface area contributed by atoms with Gasteiger partial charge >= 0.3 is 18.2 Å². The topological polar surface area (TPSA) is 135 Å². The van der Waals surface area contributed by atoms with Crippen molar-refractivity contribution in [3.05, 3.63) is 30.2 Å². The van der Waals surface area contributed by atoms with Crippen LogP contribution in [0.4, 0.5) is 24.9 Å². The minimum absolute atomic E-state index is 0.0517. The third-order valence-corrected chi connectivity index (χ3v) is 11.5. The second-order valence-corrected chi connectivity index (χ2v) is 17.7. The summed E-state index contributed by atoms with van der Waals surface area (Å²) in [6, 6.07) is 5.40. The summed E-state index contributed by atoms with van der Waals surface area (Å²) in [7, 11) is 0. The van der Waals surface area contributed by atoms with E-state index in [4.69, 9.17) is 24.2 Å². The van der Waals surface area contributed by atoms with Gasteiger partial charge in [-0.2, -0.15) is 9.97 Å². The molecule has 1 aromatic carbocycles. The second kappa shape index (κ2) is 13.2. The van der Waals surface area contributed by atoms with Gasteiger partial charge < -0.3 is 19.1 Å². The molecule has 7 heterocycles. The second-order valence-electron chi connectivity index (χ2n) is 16.7. The summed E-state index contributed by atoms with van der Waals surface area (Å²) >= 11 is 1.26. The van der Waals surface area contributed by atoms with Crippen molar-refractivity contribution >= 4 is 55.6 Å². The van der Waals surface area contributed by atoms with E-state index in [-0.39, 0.29) is 40.9 Å². The van der Waals surface area contributed by atoms with E-state index in [1.807, 2.05) is 37.8 Å². The number of hydrogen-bond donors (Lipinski definition) is 1. The first kappa shape index (κ1) is 35.6. The molecule has 0 radical (unpaired) electrons. The first-order chi connectivity index (χ1) is 25.2. The number of fused-ring (bicyclic) bond motifs is 5. The average Bonchev–Trinajstić information content (AvgIpc) is 3.83. The Bertz CT molecular complexity index is 2060. The monoisotopic (exact) mass is 746 g/mol. The Morgan fingerprint density at radius 1 is 0.962 bits per heavy atom. The van der Waals surface area contributed by atoms with Gasteiger partial charge in [-0.15, -0.1) is 0 Å². The van der Waals surface area contributed by atoms with Gasteiger partial charge in [0, 0.05) is 24.8 Å². The molecule has 282 valence electrons. The predicted octanol–water partition coefficient (Wildman–Crippen LogP) is 7.38. The van der Waals surface area contributed by atoms with E-state index in [1.165, 1.54) is 11.3 Å². The van der Waals surface area contributed by atoms with Crippen LogP contribution in [-0.2, 0) is 9.47 Å². The van der Waals surface area contributed by atoms with Crippen molar-refractivity contribution in [1.29, 1.82) is 0 Å². The van der Waals surface area contributed by atoms with Crippen molar-refractivity contribution in [2.24, 2.45) is 0 Å². The highest BCUT2D eigenvalue weighted by Crippen LogP contribution is 2.41. The molecule has 4 fully saturated rings. The molecular weight excluding hydrogens is 700 g/mol. The van der Waals surface area contributed by atoms with Crippen molar-refractivity contribution < 1.29 is 28.2 Å². The lowest BCUT2D eigenvalue weighted by atomic mass is 9.95. The van der Waals surface area contributed by atoms with E-state index in [0.29, 0.717) is 47.1 Å². The van der Waals surface area contributed by atoms with E-state index < -0.39 is 23.1 Å². The third-order valence-electron chi connectivity index (χ3n) is 10.6. The summed E-state index contributed by atoms with van der Waals surface area (Å²) in [6.07, 6.45) is 6.71. The van der Waals surface area contributed by atoms with Crippen molar-refractivity contribution in [2.45, 2.75) is 109 Å². The van der Waals surface area contributed by atoms with Gasteiger partial charge in [0.2, 0.25) is 0 Å². The number of nitrogens with one attached hydrogen (secondary N) is 1. The third kappa shape index (κ3) is 6.93. The molecule has 3 aromatic heterocycles. The van der Waals surface area contributed by atoms with Gasteiger partial charge in [-0.3, -0.25) is 20.1 Å². The van der Waals surface area contributed by atoms with Crippen LogP contribution in [0.2, 0.25) is 0 Å². The molecule has 1 N–H and O–H groups in total. The molecule has 2 unspecified atom stereocenters. The number of pyridine rings is 1. The summed E-state index contributed by atoms with van der Waals surface area (Å²) in [5.74, 6) is -0.0818. The Morgan fingerprint density at radius 2 is 1.66 bits per heavy atom. The van der Waals surface area contributed by atoms with Crippen LogP contribution in [0.5, 0.6) is 6.01 Å². The molecule has 2 amide bonds. The standard InChI is InChI=1S/C38H47FN8O5S/c1-36(2,3)51-34(48)44-33-42-28-24(10-7-11-26(28)53-33)29-27(39)30-25(18-40-29)31(43-32(41-30)50-21-38-14-8-16-46(38)17-9-15-38)45-19-22-12-13-23(20-45)47(22)35(49)52-37(4,5)6/h7,10-11,18,22-23H,8-9,12-17,19-21H2,1-6H3,(H,42,44,48). The number of carbonyl (C=O) groups is 2. The fourth-order valence-corrected chi connectivity index (χ4v) is 9.33. The van der Waals surface area contributed by atoms with Crippen molar-refractivity contribution in [3.63, 3.8) is 0 Å². The highest BCUT2D eigenvalue weighted by molar-refractivity contribution is 7.22. The maximum Gasteiger partial charge on any atom is 0.413 e. The van der Waals surface area contributed by atoms with E-state index in [0.717, 1.165) is 56.3 Å². The number of para-hydroxylation sites is 1. The lowest BCUT2D eigenvalue weighted by Gasteiger charge is -2.42. The summed E-state index contributed by atoms with van der Waals surface area (Å²) < 4.78 is 35.4. The molecular formula is C38H47FN8O5S. The molecule has 4 aromatic rings. The molecule has 0 saturated carbocycles. The number of nitrogens with zero attached hydrogens (tertiary/aromatic N) is 7. The van der Waals surface area contributed by atoms with Crippen LogP contribution < -0.4 is 15.0 Å². The minimum Gasteiger partial charge on any atom is -0.461 e. The quantitative estimate of drug-likeness (QED) is 0.212. The molecule has 4 aliphatic heterocycles. The Hall–Kier alpha value is -4.37. The molecule has 2 bridgehead atoms. The van der Waals surface area contributed by atoms with Gasteiger partial charge in [-0.25, -0.2) is 19.0 Å². The van der Waals surface area contributed by atoms with Crippen LogP contribution >= 0.6 is 11.3 Å². The summed E-state index contributed by atoms with van der Waals surface area (Å²) in [4.78, 5) is 51.2. The molecule has 0 aliphatic carbocycles. The zero-order chi connectivity index (χ0) is 37.3. The van der Waals surface area contributed by atoms with Crippen LogP contribution in [0, 0.1) is 5.82 Å². The fourth-order valence-electron chi connectivity index (χ4n) is 8.45. The Kier molecular flexibility index (Phi) is 8.87. The largest absolute Gasteiger partial charge is 0.461 e. The van der Waals surface area contributed by atoms with Crippen molar-refractivity contribution in [3.8, 4) is 17.3 Å². The summed E-state index contributed by atoms with van der Waals surface area (Å²) in [5.41, 5.74) is -0.181. The smallest absolute Gasteiger partial charge is 0.413 e. The molecule has 4 saturated heterocycles. The number of benzene rings is 1. The molecule has 53 heavy (non-hydrogen) atoms. The van der Waals surface area contributed by atoms with E-state index in [2.05, 4.69) is 25.1 Å². The number of carbonyl (C=O) groups excluding carboxylic acids is 2. The fraction of sp³-hybridized carbons (Fsp3) is 0.579. The van der Waals surface area contributed by atoms with Gasteiger partial charge in [0.25, 0.3) is 0 Å². The maximum atomic E-state index is 17.0. The van der Waals surface area contributed by atoms with Gasteiger partial charge in [0.15, 0.2) is 10.9 Å². The molecule has 0 spiro atoms. The predicted molar refractivity (Wildman–Crippen MR) is 201 cm³/mol. The summed E-state index contributed by atoms with van der Waals surface area (Å²) in [5, 5.41) is 3.49. The number of aromatic nitrogens is 4. The number of ether oxygens (including phenoxy) is 3. The molecule has 15 heteroatoms. The van der Waals surface area contributed by atoms with Gasteiger partial charge in [-0.05, 0) is 99.2 Å². The Labute approximate surface area is 312 Å². The van der Waals surface area contributed by atoms with Crippen molar-refractivity contribution in [1.82, 2.24) is 29.7 Å². The number of hydrogen-bond acceptors (Lipinski definition) is 12. The Morgan fingerprint density at radius 3 is 2.34 bits per heavy atom. The highest BCUT2D eigenvalue weighted by atomic mass is 32.1. The summed E-state index contributed by atoms with van der Waals surface area (Å²) in [6.45, 7) is 14.5. The minimum atomic E-state index is -0.675. The lowest BCUT2D eigenvalue weighted by molar-refractivity contribution is 0.0122.